The molecule has 0 atom stereocenters. The SMILES string of the molecule is COc1ccc(CNC(=O)c2cccc(C(=O)Nc3ccccc3F)c2)cc1. The first kappa shape index (κ1) is 19.1. The number of nitrogens with one attached hydrogen (secondary N) is 2. The normalized spacial score (nSPS) is 10.2. The lowest BCUT2D eigenvalue weighted by Crippen LogP contribution is -2.23. The zero-order valence-corrected chi connectivity index (χ0v) is 15.2. The van der Waals surface area contributed by atoms with Crippen molar-refractivity contribution >= 4 is 17.5 Å². The van der Waals surface area contributed by atoms with Gasteiger partial charge in [-0.05, 0) is 48.0 Å². The molecule has 142 valence electrons. The fourth-order valence-electron chi connectivity index (χ4n) is 2.59. The van der Waals surface area contributed by atoms with Crippen LogP contribution >= 0.6 is 0 Å². The number of carbonyl (C=O) groups is 2. The molecule has 28 heavy (non-hydrogen) atoms. The Labute approximate surface area is 162 Å². The average Bonchev–Trinajstić information content (AvgIpc) is 2.74. The van der Waals surface area contributed by atoms with Crippen LogP contribution < -0.4 is 15.4 Å². The smallest absolute Gasteiger partial charge is 0.255 e. The van der Waals surface area contributed by atoms with Gasteiger partial charge in [-0.2, -0.15) is 0 Å². The highest BCUT2D eigenvalue weighted by molar-refractivity contribution is 6.06. The van der Waals surface area contributed by atoms with Crippen molar-refractivity contribution < 1.29 is 18.7 Å². The second kappa shape index (κ2) is 8.81. The number of anilines is 1. The molecule has 0 aromatic heterocycles. The van der Waals surface area contributed by atoms with Gasteiger partial charge >= 0.3 is 0 Å². The zero-order chi connectivity index (χ0) is 19.9. The number of methoxy groups -OCH3 is 1. The molecule has 0 bridgehead atoms. The van der Waals surface area contributed by atoms with E-state index in [9.17, 15) is 14.0 Å². The van der Waals surface area contributed by atoms with Gasteiger partial charge in [-0.15, -0.1) is 0 Å². The van der Waals surface area contributed by atoms with E-state index in [1.165, 1.54) is 18.2 Å². The molecule has 0 aliphatic heterocycles. The van der Waals surface area contributed by atoms with E-state index in [2.05, 4.69) is 10.6 Å². The van der Waals surface area contributed by atoms with Crippen molar-refractivity contribution in [2.45, 2.75) is 6.54 Å². The lowest BCUT2D eigenvalue weighted by atomic mass is 10.1. The minimum absolute atomic E-state index is 0.0851. The van der Waals surface area contributed by atoms with Crippen molar-refractivity contribution in [1.82, 2.24) is 5.32 Å². The van der Waals surface area contributed by atoms with Crippen LogP contribution in [-0.2, 0) is 6.54 Å². The molecule has 3 aromatic carbocycles. The Kier molecular flexibility index (Phi) is 6.01. The number of halogens is 1. The van der Waals surface area contributed by atoms with Crippen molar-refractivity contribution in [3.8, 4) is 5.75 Å². The number of hydrogen-bond donors (Lipinski definition) is 2. The van der Waals surface area contributed by atoms with Gasteiger partial charge in [-0.3, -0.25) is 9.59 Å². The summed E-state index contributed by atoms with van der Waals surface area (Å²) in [6, 6.07) is 19.5. The van der Waals surface area contributed by atoms with Gasteiger partial charge in [0.25, 0.3) is 11.8 Å². The van der Waals surface area contributed by atoms with E-state index < -0.39 is 11.7 Å². The first-order chi connectivity index (χ1) is 13.6. The first-order valence-corrected chi connectivity index (χ1v) is 8.64. The van der Waals surface area contributed by atoms with Gasteiger partial charge in [0.15, 0.2) is 0 Å². The molecule has 0 saturated heterocycles. The predicted octanol–water partition coefficient (Wildman–Crippen LogP) is 4.02. The number of amides is 2. The van der Waals surface area contributed by atoms with Gasteiger partial charge < -0.3 is 15.4 Å². The van der Waals surface area contributed by atoms with Crippen LogP contribution in [-0.4, -0.2) is 18.9 Å². The highest BCUT2D eigenvalue weighted by atomic mass is 19.1. The van der Waals surface area contributed by atoms with Crippen molar-refractivity contribution in [3.63, 3.8) is 0 Å². The van der Waals surface area contributed by atoms with Crippen molar-refractivity contribution in [2.75, 3.05) is 12.4 Å². The first-order valence-electron chi connectivity index (χ1n) is 8.64. The second-order valence-corrected chi connectivity index (χ2v) is 6.05. The third-order valence-corrected chi connectivity index (χ3v) is 4.12. The summed E-state index contributed by atoms with van der Waals surface area (Å²) in [7, 11) is 1.59. The minimum Gasteiger partial charge on any atom is -0.497 e. The summed E-state index contributed by atoms with van der Waals surface area (Å²) in [4.78, 5) is 24.8. The van der Waals surface area contributed by atoms with Gasteiger partial charge in [-0.1, -0.05) is 30.3 Å². The van der Waals surface area contributed by atoms with E-state index in [1.54, 1.807) is 37.4 Å². The summed E-state index contributed by atoms with van der Waals surface area (Å²) in [5, 5.41) is 5.31. The van der Waals surface area contributed by atoms with E-state index in [0.717, 1.165) is 11.3 Å². The van der Waals surface area contributed by atoms with E-state index in [0.29, 0.717) is 12.1 Å². The maximum absolute atomic E-state index is 13.7. The molecule has 0 radical (unpaired) electrons. The highest BCUT2D eigenvalue weighted by Gasteiger charge is 2.12. The quantitative estimate of drug-likeness (QED) is 0.681. The van der Waals surface area contributed by atoms with Gasteiger partial charge in [-0.25, -0.2) is 4.39 Å². The summed E-state index contributed by atoms with van der Waals surface area (Å²) in [6.45, 7) is 0.342. The van der Waals surface area contributed by atoms with Crippen LogP contribution in [0.25, 0.3) is 0 Å². The predicted molar refractivity (Wildman–Crippen MR) is 105 cm³/mol. The third kappa shape index (κ3) is 4.73. The fraction of sp³-hybridized carbons (Fsp3) is 0.0909. The molecule has 3 rings (SSSR count). The monoisotopic (exact) mass is 378 g/mol. The van der Waals surface area contributed by atoms with Crippen LogP contribution in [0.1, 0.15) is 26.3 Å². The molecule has 0 saturated carbocycles. The Morgan fingerprint density at radius 2 is 1.57 bits per heavy atom. The Balaban J connectivity index is 1.65. The Morgan fingerprint density at radius 1 is 0.893 bits per heavy atom. The molecule has 6 heteroatoms. The second-order valence-electron chi connectivity index (χ2n) is 6.05. The highest BCUT2D eigenvalue weighted by Crippen LogP contribution is 2.15. The minimum atomic E-state index is -0.524. The maximum Gasteiger partial charge on any atom is 0.255 e. The molecule has 0 aliphatic rings. The van der Waals surface area contributed by atoms with Crippen LogP contribution in [0.5, 0.6) is 5.75 Å². The molecule has 2 N–H and O–H groups in total. The molecule has 5 nitrogen and oxygen atoms in total. The van der Waals surface area contributed by atoms with Crippen molar-refractivity contribution in [1.29, 1.82) is 0 Å². The third-order valence-electron chi connectivity index (χ3n) is 4.12. The molecule has 0 aliphatic carbocycles. The van der Waals surface area contributed by atoms with E-state index in [4.69, 9.17) is 4.74 Å². The standard InChI is InChI=1S/C22H19FN2O3/c1-28-18-11-9-15(10-12-18)14-24-21(26)16-5-4-6-17(13-16)22(27)25-20-8-3-2-7-19(20)23/h2-13H,14H2,1H3,(H,24,26)(H,25,27). The molecule has 3 aromatic rings. The van der Waals surface area contributed by atoms with E-state index in [-0.39, 0.29) is 17.2 Å². The van der Waals surface area contributed by atoms with Crippen molar-refractivity contribution in [3.05, 3.63) is 95.3 Å². The molecule has 0 heterocycles. The van der Waals surface area contributed by atoms with Crippen LogP contribution in [0.2, 0.25) is 0 Å². The summed E-state index contributed by atoms with van der Waals surface area (Å²) >= 11 is 0. The topological polar surface area (TPSA) is 67.4 Å². The largest absolute Gasteiger partial charge is 0.497 e. The van der Waals surface area contributed by atoms with Gasteiger partial charge in [0.2, 0.25) is 0 Å². The fourth-order valence-corrected chi connectivity index (χ4v) is 2.59. The van der Waals surface area contributed by atoms with Crippen LogP contribution in [0.15, 0.2) is 72.8 Å². The number of benzene rings is 3. The Morgan fingerprint density at radius 3 is 2.25 bits per heavy atom. The Hall–Kier alpha value is -3.67. The van der Waals surface area contributed by atoms with Crippen LogP contribution in [0, 0.1) is 5.82 Å². The summed E-state index contributed by atoms with van der Waals surface area (Å²) in [6.07, 6.45) is 0. The zero-order valence-electron chi connectivity index (χ0n) is 15.2. The van der Waals surface area contributed by atoms with Gasteiger partial charge in [0, 0.05) is 17.7 Å². The molecule has 2 amide bonds. The van der Waals surface area contributed by atoms with Gasteiger partial charge in [0.05, 0.1) is 12.8 Å². The van der Waals surface area contributed by atoms with E-state index >= 15 is 0 Å². The number of carbonyl (C=O) groups excluding carboxylic acids is 2. The molecule has 0 spiro atoms. The number of ether oxygens (including phenoxy) is 1. The summed E-state index contributed by atoms with van der Waals surface area (Å²) in [5.74, 6) is -0.584. The summed E-state index contributed by atoms with van der Waals surface area (Å²) < 4.78 is 18.8. The van der Waals surface area contributed by atoms with E-state index in [1.807, 2.05) is 24.3 Å². The number of hydrogen-bond acceptors (Lipinski definition) is 3. The lowest BCUT2D eigenvalue weighted by molar-refractivity contribution is 0.0951. The van der Waals surface area contributed by atoms with Crippen molar-refractivity contribution in [2.24, 2.45) is 0 Å². The van der Waals surface area contributed by atoms with Crippen LogP contribution in [0.3, 0.4) is 0 Å². The van der Waals surface area contributed by atoms with Gasteiger partial charge in [0.1, 0.15) is 11.6 Å². The molecule has 0 fully saturated rings. The number of rotatable bonds is 6. The molecular weight excluding hydrogens is 359 g/mol. The maximum atomic E-state index is 13.7. The summed E-state index contributed by atoms with van der Waals surface area (Å²) in [5.41, 5.74) is 1.61. The average molecular weight is 378 g/mol. The Bertz CT molecular complexity index is 987. The lowest BCUT2D eigenvalue weighted by Gasteiger charge is -2.09. The molecular formula is C22H19FN2O3. The molecule has 0 unspecified atom stereocenters. The number of para-hydroxylation sites is 1. The van der Waals surface area contributed by atoms with Crippen LogP contribution in [0.4, 0.5) is 10.1 Å².